The summed E-state index contributed by atoms with van der Waals surface area (Å²) in [5.41, 5.74) is -0.0749. The van der Waals surface area contributed by atoms with E-state index in [0.717, 1.165) is 18.6 Å². The van der Waals surface area contributed by atoms with Crippen molar-refractivity contribution >= 4 is 29.9 Å². The van der Waals surface area contributed by atoms with Crippen molar-refractivity contribution in [3.05, 3.63) is 29.8 Å². The first-order valence-electron chi connectivity index (χ1n) is 8.29. The first-order valence-corrected chi connectivity index (χ1v) is 8.29. The van der Waals surface area contributed by atoms with Crippen molar-refractivity contribution in [3.63, 3.8) is 0 Å². The number of hydrogen-bond donors (Lipinski definition) is 3. The Hall–Kier alpha value is -1.20. The Morgan fingerprint density at radius 3 is 2.77 bits per heavy atom. The molecule has 2 rings (SSSR count). The molecule has 1 atom stereocenters. The van der Waals surface area contributed by atoms with Gasteiger partial charge in [-0.15, -0.1) is 24.0 Å². The highest BCUT2D eigenvalue weighted by atomic mass is 127. The van der Waals surface area contributed by atoms with Crippen molar-refractivity contribution in [3.8, 4) is 5.75 Å². The lowest BCUT2D eigenvalue weighted by Gasteiger charge is -2.27. The molecular formula is C17H26F2IN3O3. The number of rotatable bonds is 8. The van der Waals surface area contributed by atoms with Gasteiger partial charge in [0.25, 0.3) is 0 Å². The van der Waals surface area contributed by atoms with E-state index in [9.17, 15) is 13.9 Å². The van der Waals surface area contributed by atoms with Gasteiger partial charge >= 0.3 is 0 Å². The minimum absolute atomic E-state index is 0. The maximum absolute atomic E-state index is 13.1. The summed E-state index contributed by atoms with van der Waals surface area (Å²) < 4.78 is 36.8. The topological polar surface area (TPSA) is 75.1 Å². The molecule has 26 heavy (non-hydrogen) atoms. The Balaban J connectivity index is 0.00000338. The zero-order valence-electron chi connectivity index (χ0n) is 14.8. The van der Waals surface area contributed by atoms with Crippen molar-refractivity contribution in [1.29, 1.82) is 0 Å². The molecule has 6 nitrogen and oxygen atoms in total. The van der Waals surface area contributed by atoms with Crippen LogP contribution < -0.4 is 15.4 Å². The predicted molar refractivity (Wildman–Crippen MR) is 106 cm³/mol. The average molecular weight is 485 g/mol. The van der Waals surface area contributed by atoms with Crippen LogP contribution in [0.5, 0.6) is 5.75 Å². The van der Waals surface area contributed by atoms with Crippen LogP contribution in [0.2, 0.25) is 0 Å². The number of benzene rings is 1. The van der Waals surface area contributed by atoms with E-state index in [4.69, 9.17) is 9.47 Å². The van der Waals surface area contributed by atoms with Crippen LogP contribution in [0.1, 0.15) is 12.8 Å². The smallest absolute Gasteiger partial charge is 0.191 e. The maximum atomic E-state index is 13.1. The summed E-state index contributed by atoms with van der Waals surface area (Å²) >= 11 is 0. The summed E-state index contributed by atoms with van der Waals surface area (Å²) in [4.78, 5) is 4.14. The van der Waals surface area contributed by atoms with Gasteiger partial charge in [0.1, 0.15) is 12.4 Å². The Morgan fingerprint density at radius 2 is 2.15 bits per heavy atom. The fourth-order valence-electron chi connectivity index (χ4n) is 2.71. The van der Waals surface area contributed by atoms with Gasteiger partial charge in [-0.1, -0.05) is 0 Å². The Bertz CT molecular complexity index is 584. The molecule has 0 aromatic heterocycles. The summed E-state index contributed by atoms with van der Waals surface area (Å²) in [6, 6.07) is 3.42. The molecule has 1 aromatic rings. The van der Waals surface area contributed by atoms with Crippen LogP contribution in [0.15, 0.2) is 23.2 Å². The molecule has 1 fully saturated rings. The molecule has 0 radical (unpaired) electrons. The molecule has 1 aromatic carbocycles. The number of aliphatic hydroxyl groups excluding tert-OH is 1. The van der Waals surface area contributed by atoms with Gasteiger partial charge in [0, 0.05) is 38.3 Å². The lowest BCUT2D eigenvalue weighted by atomic mass is 9.84. The number of nitrogens with one attached hydrogen (secondary N) is 2. The predicted octanol–water partition coefficient (Wildman–Crippen LogP) is 1.92. The SMILES string of the molecule is CN=C(NCCOc1ccc(F)c(F)c1)NCC1(CCO)CCOC1.I. The molecule has 3 N–H and O–H groups in total. The second-order valence-electron chi connectivity index (χ2n) is 6.05. The first-order chi connectivity index (χ1) is 12.1. The summed E-state index contributed by atoms with van der Waals surface area (Å²) in [6.45, 7) is 2.82. The van der Waals surface area contributed by atoms with Gasteiger partial charge in [-0.2, -0.15) is 0 Å². The van der Waals surface area contributed by atoms with E-state index in [1.54, 1.807) is 7.05 Å². The molecule has 9 heteroatoms. The molecule has 0 spiro atoms. The second kappa shape index (κ2) is 11.5. The van der Waals surface area contributed by atoms with E-state index in [-0.39, 0.29) is 48.4 Å². The molecule has 0 bridgehead atoms. The lowest BCUT2D eigenvalue weighted by Crippen LogP contribution is -2.45. The van der Waals surface area contributed by atoms with Crippen LogP contribution in [-0.2, 0) is 4.74 Å². The van der Waals surface area contributed by atoms with E-state index in [0.29, 0.717) is 38.7 Å². The number of ether oxygens (including phenoxy) is 2. The van der Waals surface area contributed by atoms with Crippen LogP contribution in [0.25, 0.3) is 0 Å². The quantitative estimate of drug-likeness (QED) is 0.227. The van der Waals surface area contributed by atoms with Gasteiger partial charge in [0.05, 0.1) is 13.2 Å². The average Bonchev–Trinajstić information content (AvgIpc) is 3.06. The normalized spacial score (nSPS) is 19.8. The van der Waals surface area contributed by atoms with Gasteiger partial charge in [0.15, 0.2) is 17.6 Å². The zero-order valence-corrected chi connectivity index (χ0v) is 17.1. The minimum atomic E-state index is -0.934. The highest BCUT2D eigenvalue weighted by molar-refractivity contribution is 14.0. The molecule has 0 amide bonds. The van der Waals surface area contributed by atoms with Gasteiger partial charge in [-0.3, -0.25) is 4.99 Å². The van der Waals surface area contributed by atoms with Crippen LogP contribution in [-0.4, -0.2) is 57.6 Å². The molecule has 148 valence electrons. The van der Waals surface area contributed by atoms with Crippen molar-refractivity contribution < 1.29 is 23.4 Å². The van der Waals surface area contributed by atoms with Gasteiger partial charge in [0.2, 0.25) is 0 Å². The third-order valence-electron chi connectivity index (χ3n) is 4.24. The summed E-state index contributed by atoms with van der Waals surface area (Å²) in [5.74, 6) is -0.953. The van der Waals surface area contributed by atoms with E-state index < -0.39 is 11.6 Å². The molecular weight excluding hydrogens is 459 g/mol. The minimum Gasteiger partial charge on any atom is -0.492 e. The number of nitrogens with zero attached hydrogens (tertiary/aromatic N) is 1. The fourth-order valence-corrected chi connectivity index (χ4v) is 2.71. The third-order valence-corrected chi connectivity index (χ3v) is 4.24. The number of guanidine groups is 1. The van der Waals surface area contributed by atoms with Gasteiger partial charge in [-0.05, 0) is 25.0 Å². The fraction of sp³-hybridized carbons (Fsp3) is 0.588. The van der Waals surface area contributed by atoms with Crippen molar-refractivity contribution in [2.45, 2.75) is 12.8 Å². The summed E-state index contributed by atoms with van der Waals surface area (Å²) in [6.07, 6.45) is 1.58. The Labute approximate surface area is 169 Å². The largest absolute Gasteiger partial charge is 0.492 e. The third kappa shape index (κ3) is 6.84. The molecule has 1 aliphatic heterocycles. The van der Waals surface area contributed by atoms with Crippen LogP contribution >= 0.6 is 24.0 Å². The Morgan fingerprint density at radius 1 is 1.35 bits per heavy atom. The zero-order chi connectivity index (χ0) is 18.1. The number of hydrogen-bond acceptors (Lipinski definition) is 4. The van der Waals surface area contributed by atoms with Crippen LogP contribution in [0.3, 0.4) is 0 Å². The first kappa shape index (κ1) is 22.8. The highest BCUT2D eigenvalue weighted by Gasteiger charge is 2.34. The van der Waals surface area contributed by atoms with E-state index in [1.165, 1.54) is 6.07 Å². The lowest BCUT2D eigenvalue weighted by molar-refractivity contribution is 0.127. The monoisotopic (exact) mass is 485 g/mol. The number of halogens is 3. The summed E-state index contributed by atoms with van der Waals surface area (Å²) in [5, 5.41) is 15.6. The van der Waals surface area contributed by atoms with Gasteiger partial charge in [-0.25, -0.2) is 8.78 Å². The van der Waals surface area contributed by atoms with E-state index >= 15 is 0 Å². The van der Waals surface area contributed by atoms with Gasteiger partial charge < -0.3 is 25.2 Å². The molecule has 0 aliphatic carbocycles. The second-order valence-corrected chi connectivity index (χ2v) is 6.05. The molecule has 0 saturated carbocycles. The molecule has 1 heterocycles. The Kier molecular flexibility index (Phi) is 10.1. The van der Waals surface area contributed by atoms with Crippen LogP contribution in [0.4, 0.5) is 8.78 Å². The summed E-state index contributed by atoms with van der Waals surface area (Å²) in [7, 11) is 1.66. The molecule has 1 unspecified atom stereocenters. The molecule has 1 aliphatic rings. The van der Waals surface area contributed by atoms with Crippen molar-refractivity contribution in [2.75, 3.05) is 46.6 Å². The van der Waals surface area contributed by atoms with Crippen molar-refractivity contribution in [2.24, 2.45) is 10.4 Å². The van der Waals surface area contributed by atoms with Crippen LogP contribution in [0, 0.1) is 17.0 Å². The number of aliphatic hydroxyl groups is 1. The molecule has 1 saturated heterocycles. The maximum Gasteiger partial charge on any atom is 0.191 e. The van der Waals surface area contributed by atoms with E-state index in [2.05, 4.69) is 15.6 Å². The number of aliphatic imine (C=N–C) groups is 1. The van der Waals surface area contributed by atoms with E-state index in [1.807, 2.05) is 0 Å². The van der Waals surface area contributed by atoms with Crippen molar-refractivity contribution in [1.82, 2.24) is 10.6 Å². The highest BCUT2D eigenvalue weighted by Crippen LogP contribution is 2.31. The standard InChI is InChI=1S/C17H25F2N3O3.HI/c1-20-16(22-11-17(4-7-23)5-8-24-12-17)21-6-9-25-13-2-3-14(18)15(19)10-13;/h2-3,10,23H,4-9,11-12H2,1H3,(H2,20,21,22);1H.